The molecule has 1 saturated carbocycles. The number of carbonyl (C=O) groups is 1. The first kappa shape index (κ1) is 16.2. The molecule has 1 aromatic rings. The average Bonchev–Trinajstić information content (AvgIpc) is 3.35. The first-order valence-corrected chi connectivity index (χ1v) is 8.89. The van der Waals surface area contributed by atoms with Crippen LogP contribution in [0.2, 0.25) is 0 Å². The lowest BCUT2D eigenvalue weighted by atomic mass is 9.93. The minimum atomic E-state index is 0.0447. The molecule has 1 saturated heterocycles. The smallest absolute Gasteiger partial charge is 0.230 e. The van der Waals surface area contributed by atoms with Crippen molar-refractivity contribution < 1.29 is 19.0 Å². The summed E-state index contributed by atoms with van der Waals surface area (Å²) in [6, 6.07) is 7.71. The second-order valence-electron chi connectivity index (χ2n) is 6.96. The van der Waals surface area contributed by atoms with Gasteiger partial charge < -0.3 is 19.1 Å². The molecule has 1 spiro atoms. The Bertz CT molecular complexity index is 706. The number of nitrogens with zero attached hydrogens (tertiary/aromatic N) is 2. The zero-order chi connectivity index (χ0) is 17.3. The number of hydrogen-bond acceptors (Lipinski definition) is 5. The number of ether oxygens (including phenoxy) is 3. The highest BCUT2D eigenvalue weighted by molar-refractivity contribution is 5.97. The molecular formula is C19H22N2O4. The summed E-state index contributed by atoms with van der Waals surface area (Å²) in [6.45, 7) is 2.93. The summed E-state index contributed by atoms with van der Waals surface area (Å²) in [6.07, 6.45) is 3.15. The highest BCUT2D eigenvalue weighted by Gasteiger charge is 2.59. The van der Waals surface area contributed by atoms with Crippen LogP contribution in [0.15, 0.2) is 18.2 Å². The normalized spacial score (nSPS) is 22.9. The molecule has 25 heavy (non-hydrogen) atoms. The Hall–Kier alpha value is -2.26. The number of fused-ring (bicyclic) bond motifs is 1. The van der Waals surface area contributed by atoms with E-state index in [1.807, 2.05) is 18.2 Å². The van der Waals surface area contributed by atoms with E-state index in [1.54, 1.807) is 4.90 Å². The zero-order valence-corrected chi connectivity index (χ0v) is 14.2. The van der Waals surface area contributed by atoms with Gasteiger partial charge in [-0.1, -0.05) is 0 Å². The number of carbonyl (C=O) groups excluding carboxylic acids is 1. The Morgan fingerprint density at radius 2 is 1.96 bits per heavy atom. The Morgan fingerprint density at radius 3 is 2.72 bits per heavy atom. The first-order chi connectivity index (χ1) is 12.2. The Labute approximate surface area is 147 Å². The molecule has 1 aliphatic carbocycles. The molecule has 4 rings (SSSR count). The van der Waals surface area contributed by atoms with Gasteiger partial charge in [-0.3, -0.25) is 4.79 Å². The van der Waals surface area contributed by atoms with Crippen LogP contribution in [-0.2, 0) is 9.53 Å². The van der Waals surface area contributed by atoms with Crippen LogP contribution in [0.3, 0.4) is 0 Å². The van der Waals surface area contributed by atoms with E-state index in [-0.39, 0.29) is 17.2 Å². The summed E-state index contributed by atoms with van der Waals surface area (Å²) in [4.78, 5) is 14.9. The molecule has 1 amide bonds. The largest absolute Gasteiger partial charge is 0.486 e. The van der Waals surface area contributed by atoms with Gasteiger partial charge in [0.25, 0.3) is 0 Å². The molecule has 0 N–H and O–H groups in total. The van der Waals surface area contributed by atoms with Gasteiger partial charge in [-0.05, 0) is 36.8 Å². The lowest BCUT2D eigenvalue weighted by Crippen LogP contribution is -2.35. The van der Waals surface area contributed by atoms with Gasteiger partial charge in [-0.15, -0.1) is 0 Å². The molecule has 1 atom stereocenters. The molecule has 3 aliphatic rings. The molecular weight excluding hydrogens is 320 g/mol. The van der Waals surface area contributed by atoms with E-state index in [4.69, 9.17) is 19.5 Å². The molecule has 0 aromatic heterocycles. The Morgan fingerprint density at radius 1 is 1.20 bits per heavy atom. The van der Waals surface area contributed by atoms with Crippen LogP contribution >= 0.6 is 0 Å². The fraction of sp³-hybridized carbons (Fsp3) is 0.579. The van der Waals surface area contributed by atoms with E-state index in [1.165, 1.54) is 0 Å². The number of anilines is 1. The summed E-state index contributed by atoms with van der Waals surface area (Å²) in [5, 5.41) is 8.98. The van der Waals surface area contributed by atoms with Crippen LogP contribution in [-0.4, -0.2) is 38.9 Å². The molecule has 1 unspecified atom stereocenters. The zero-order valence-electron chi connectivity index (χ0n) is 14.2. The summed E-state index contributed by atoms with van der Waals surface area (Å²) in [7, 11) is 0. The molecule has 132 valence electrons. The maximum absolute atomic E-state index is 13.2. The van der Waals surface area contributed by atoms with E-state index in [0.717, 1.165) is 38.2 Å². The van der Waals surface area contributed by atoms with Crippen molar-refractivity contribution >= 4 is 11.6 Å². The van der Waals surface area contributed by atoms with Crippen LogP contribution in [0.4, 0.5) is 5.69 Å². The number of benzene rings is 1. The number of nitriles is 1. The minimum absolute atomic E-state index is 0.0447. The van der Waals surface area contributed by atoms with E-state index >= 15 is 0 Å². The van der Waals surface area contributed by atoms with Crippen molar-refractivity contribution in [3.8, 4) is 17.6 Å². The molecule has 2 heterocycles. The second kappa shape index (κ2) is 6.57. The van der Waals surface area contributed by atoms with Crippen LogP contribution in [0, 0.1) is 22.7 Å². The van der Waals surface area contributed by atoms with Gasteiger partial charge in [0.05, 0.1) is 12.5 Å². The van der Waals surface area contributed by atoms with Crippen molar-refractivity contribution in [2.24, 2.45) is 11.3 Å². The van der Waals surface area contributed by atoms with Crippen molar-refractivity contribution in [2.75, 3.05) is 37.9 Å². The van der Waals surface area contributed by atoms with E-state index in [9.17, 15) is 4.79 Å². The van der Waals surface area contributed by atoms with Gasteiger partial charge in [0.2, 0.25) is 5.91 Å². The maximum Gasteiger partial charge on any atom is 0.230 e. The molecule has 6 heteroatoms. The lowest BCUT2D eigenvalue weighted by Gasteiger charge is -2.27. The highest BCUT2D eigenvalue weighted by atomic mass is 16.6. The predicted molar refractivity (Wildman–Crippen MR) is 90.6 cm³/mol. The second-order valence-corrected chi connectivity index (χ2v) is 6.96. The number of rotatable bonds is 4. The Kier molecular flexibility index (Phi) is 4.26. The molecule has 1 aromatic carbocycles. The standard InChI is InChI=1S/C19H22N2O4/c20-6-1-7-21(14-2-3-16-17(12-14)25-11-10-24-16)18(22)15-13-19(15)4-8-23-9-5-19/h2-3,12,15H,1,4-5,7-11,13H2. The number of hydrogen-bond donors (Lipinski definition) is 0. The third-order valence-corrected chi connectivity index (χ3v) is 5.53. The van der Waals surface area contributed by atoms with Gasteiger partial charge in [-0.25, -0.2) is 0 Å². The van der Waals surface area contributed by atoms with Crippen molar-refractivity contribution in [1.29, 1.82) is 5.26 Å². The van der Waals surface area contributed by atoms with Crippen LogP contribution in [0.1, 0.15) is 25.7 Å². The van der Waals surface area contributed by atoms with Gasteiger partial charge in [0.1, 0.15) is 13.2 Å². The van der Waals surface area contributed by atoms with Gasteiger partial charge in [0, 0.05) is 37.4 Å². The molecule has 6 nitrogen and oxygen atoms in total. The van der Waals surface area contributed by atoms with Gasteiger partial charge in [0.15, 0.2) is 11.5 Å². The van der Waals surface area contributed by atoms with Crippen molar-refractivity contribution in [3.63, 3.8) is 0 Å². The van der Waals surface area contributed by atoms with Gasteiger partial charge >= 0.3 is 0 Å². The topological polar surface area (TPSA) is 71.8 Å². The van der Waals surface area contributed by atoms with E-state index < -0.39 is 0 Å². The molecule has 0 radical (unpaired) electrons. The van der Waals surface area contributed by atoms with Gasteiger partial charge in [-0.2, -0.15) is 5.26 Å². The monoisotopic (exact) mass is 342 g/mol. The fourth-order valence-corrected chi connectivity index (χ4v) is 3.94. The van der Waals surface area contributed by atoms with Crippen LogP contribution in [0.25, 0.3) is 0 Å². The number of amides is 1. The van der Waals surface area contributed by atoms with E-state index in [0.29, 0.717) is 37.7 Å². The van der Waals surface area contributed by atoms with Crippen molar-refractivity contribution in [2.45, 2.75) is 25.7 Å². The molecule has 2 aliphatic heterocycles. The summed E-state index contributed by atoms with van der Waals surface area (Å²) < 4.78 is 16.6. The van der Waals surface area contributed by atoms with Crippen LogP contribution in [0.5, 0.6) is 11.5 Å². The summed E-state index contributed by atoms with van der Waals surface area (Å²) in [5.74, 6) is 1.53. The SMILES string of the molecule is N#CCCN(C(=O)C1CC12CCOCC2)c1ccc2c(c1)OCCO2. The lowest BCUT2D eigenvalue weighted by molar-refractivity contribution is -0.121. The predicted octanol–water partition coefficient (Wildman–Crippen LogP) is 2.52. The highest BCUT2D eigenvalue weighted by Crippen LogP contribution is 2.60. The fourth-order valence-electron chi connectivity index (χ4n) is 3.94. The summed E-state index contributed by atoms with van der Waals surface area (Å²) >= 11 is 0. The summed E-state index contributed by atoms with van der Waals surface area (Å²) in [5.41, 5.74) is 0.896. The quantitative estimate of drug-likeness (QED) is 0.841. The minimum Gasteiger partial charge on any atom is -0.486 e. The first-order valence-electron chi connectivity index (χ1n) is 8.89. The van der Waals surface area contributed by atoms with E-state index in [2.05, 4.69) is 6.07 Å². The van der Waals surface area contributed by atoms with Crippen molar-refractivity contribution in [1.82, 2.24) is 0 Å². The third-order valence-electron chi connectivity index (χ3n) is 5.53. The Balaban J connectivity index is 1.56. The van der Waals surface area contributed by atoms with Crippen LogP contribution < -0.4 is 14.4 Å². The molecule has 0 bridgehead atoms. The third kappa shape index (κ3) is 3.05. The van der Waals surface area contributed by atoms with Crippen molar-refractivity contribution in [3.05, 3.63) is 18.2 Å². The maximum atomic E-state index is 13.2. The molecule has 2 fully saturated rings. The average molecular weight is 342 g/mol.